The van der Waals surface area contributed by atoms with Crippen molar-refractivity contribution in [2.24, 2.45) is 0 Å². The maximum atomic E-state index is 13.6. The van der Waals surface area contributed by atoms with Gasteiger partial charge in [-0.1, -0.05) is 36.4 Å². The summed E-state index contributed by atoms with van der Waals surface area (Å²) in [5.41, 5.74) is 1.32. The van der Waals surface area contributed by atoms with Gasteiger partial charge in [0.2, 0.25) is 11.8 Å². The first-order valence-corrected chi connectivity index (χ1v) is 10.9. The quantitative estimate of drug-likeness (QED) is 0.585. The molecule has 1 aliphatic carbocycles. The third-order valence-electron chi connectivity index (χ3n) is 6.87. The molecule has 1 amide bonds. The molecule has 0 N–H and O–H groups in total. The Labute approximate surface area is 185 Å². The van der Waals surface area contributed by atoms with Crippen LogP contribution in [0, 0.1) is 0 Å². The third-order valence-corrected chi connectivity index (χ3v) is 6.87. The maximum absolute atomic E-state index is 13.6. The van der Waals surface area contributed by atoms with Gasteiger partial charge in [-0.05, 0) is 42.7 Å². The van der Waals surface area contributed by atoms with E-state index in [0.29, 0.717) is 36.7 Å². The predicted octanol–water partition coefficient (Wildman–Crippen LogP) is 4.20. The molecule has 0 bridgehead atoms. The number of carbonyl (C=O) groups excluding carboxylic acids is 2. The van der Waals surface area contributed by atoms with Gasteiger partial charge in [-0.15, -0.1) is 0 Å². The average molecular weight is 426 g/mol. The van der Waals surface area contributed by atoms with Gasteiger partial charge in [0.25, 0.3) is 0 Å². The van der Waals surface area contributed by atoms with Crippen LogP contribution < -0.4 is 4.74 Å². The molecule has 6 rings (SSSR count). The number of carbonyl (C=O) groups is 2. The number of aromatic nitrogens is 1. The minimum Gasteiger partial charge on any atom is -0.449 e. The zero-order chi connectivity index (χ0) is 21.8. The molecule has 160 valence electrons. The molecule has 1 unspecified atom stereocenters. The molecule has 2 aliphatic heterocycles. The predicted molar refractivity (Wildman–Crippen MR) is 116 cm³/mol. The molecule has 1 saturated heterocycles. The molecule has 2 aromatic carbocycles. The van der Waals surface area contributed by atoms with Gasteiger partial charge in [0, 0.05) is 30.8 Å². The Morgan fingerprint density at radius 3 is 2.50 bits per heavy atom. The molecule has 3 aromatic rings. The van der Waals surface area contributed by atoms with Gasteiger partial charge < -0.3 is 14.4 Å². The van der Waals surface area contributed by atoms with E-state index in [1.807, 2.05) is 59.5 Å². The van der Waals surface area contributed by atoms with Gasteiger partial charge in [0.15, 0.2) is 5.60 Å². The van der Waals surface area contributed by atoms with Crippen LogP contribution in [0.4, 0.5) is 0 Å². The summed E-state index contributed by atoms with van der Waals surface area (Å²) < 4.78 is 11.6. The van der Waals surface area contributed by atoms with Gasteiger partial charge in [0.1, 0.15) is 5.75 Å². The Balaban J connectivity index is 1.20. The molecule has 1 aromatic heterocycles. The first-order valence-electron chi connectivity index (χ1n) is 10.9. The molecular weight excluding hydrogens is 404 g/mol. The summed E-state index contributed by atoms with van der Waals surface area (Å²) in [5.74, 6) is 1.05. The monoisotopic (exact) mass is 426 g/mol. The van der Waals surface area contributed by atoms with Crippen LogP contribution in [-0.2, 0) is 20.5 Å². The summed E-state index contributed by atoms with van der Waals surface area (Å²) in [6.07, 6.45) is 3.97. The van der Waals surface area contributed by atoms with Crippen molar-refractivity contribution in [3.8, 4) is 11.6 Å². The van der Waals surface area contributed by atoms with Crippen LogP contribution in [0.15, 0.2) is 72.9 Å². The number of ether oxygens (including phenoxy) is 2. The molecular formula is C26H22N2O4. The van der Waals surface area contributed by atoms with Crippen molar-refractivity contribution in [2.75, 3.05) is 13.1 Å². The summed E-state index contributed by atoms with van der Waals surface area (Å²) in [5, 5.41) is 0. The van der Waals surface area contributed by atoms with Gasteiger partial charge >= 0.3 is 5.97 Å². The van der Waals surface area contributed by atoms with E-state index in [9.17, 15) is 9.59 Å². The van der Waals surface area contributed by atoms with E-state index in [2.05, 4.69) is 4.98 Å². The minimum atomic E-state index is -0.709. The van der Waals surface area contributed by atoms with Crippen molar-refractivity contribution >= 4 is 11.9 Å². The molecule has 6 nitrogen and oxygen atoms in total. The largest absolute Gasteiger partial charge is 0.449 e. The Bertz CT molecular complexity index is 1200. The van der Waals surface area contributed by atoms with Gasteiger partial charge in [-0.3, -0.25) is 4.79 Å². The zero-order valence-corrected chi connectivity index (χ0v) is 17.5. The standard InChI is InChI=1S/C26H22N2O4/c29-23-20-5-1-2-6-21(20)26(32-23)14-16-28(17-26)24(30)25(12-13-25)18-8-10-19(11-9-18)31-22-7-3-4-15-27-22/h1-11,15H,12-14,16-17H2. The summed E-state index contributed by atoms with van der Waals surface area (Å²) in [6.45, 7) is 1.00. The van der Waals surface area contributed by atoms with E-state index in [4.69, 9.17) is 9.47 Å². The van der Waals surface area contributed by atoms with Crippen molar-refractivity contribution in [2.45, 2.75) is 30.3 Å². The summed E-state index contributed by atoms with van der Waals surface area (Å²) in [7, 11) is 0. The van der Waals surface area contributed by atoms with Crippen LogP contribution in [0.1, 0.15) is 40.7 Å². The Morgan fingerprint density at radius 1 is 0.969 bits per heavy atom. The molecule has 6 heteroatoms. The van der Waals surface area contributed by atoms with Crippen LogP contribution in [0.25, 0.3) is 0 Å². The molecule has 2 fully saturated rings. The van der Waals surface area contributed by atoms with Crippen LogP contribution in [0.3, 0.4) is 0 Å². The smallest absolute Gasteiger partial charge is 0.339 e. The highest BCUT2D eigenvalue weighted by Crippen LogP contribution is 2.52. The van der Waals surface area contributed by atoms with Gasteiger partial charge in [0.05, 0.1) is 17.5 Å². The van der Waals surface area contributed by atoms with Crippen molar-refractivity contribution in [3.63, 3.8) is 0 Å². The topological polar surface area (TPSA) is 68.7 Å². The first kappa shape index (κ1) is 19.0. The van der Waals surface area contributed by atoms with E-state index in [1.54, 1.807) is 18.3 Å². The highest BCUT2D eigenvalue weighted by molar-refractivity contribution is 5.96. The molecule has 3 heterocycles. The minimum absolute atomic E-state index is 0.119. The summed E-state index contributed by atoms with van der Waals surface area (Å²) in [4.78, 5) is 32.0. The number of fused-ring (bicyclic) bond motifs is 2. The lowest BCUT2D eigenvalue weighted by Crippen LogP contribution is -2.40. The van der Waals surface area contributed by atoms with Crippen molar-refractivity contribution in [3.05, 3.63) is 89.6 Å². The second-order valence-electron chi connectivity index (χ2n) is 8.78. The van der Waals surface area contributed by atoms with E-state index < -0.39 is 11.0 Å². The molecule has 1 atom stereocenters. The normalized spacial score (nSPS) is 22.5. The van der Waals surface area contributed by atoms with E-state index in [0.717, 1.165) is 24.0 Å². The number of benzene rings is 2. The second-order valence-corrected chi connectivity index (χ2v) is 8.78. The Hall–Kier alpha value is -3.67. The number of rotatable bonds is 4. The fraction of sp³-hybridized carbons (Fsp3) is 0.269. The fourth-order valence-corrected chi connectivity index (χ4v) is 5.03. The van der Waals surface area contributed by atoms with E-state index >= 15 is 0 Å². The highest BCUT2D eigenvalue weighted by atomic mass is 16.6. The second kappa shape index (κ2) is 6.92. The van der Waals surface area contributed by atoms with Crippen molar-refractivity contribution < 1.29 is 19.1 Å². The maximum Gasteiger partial charge on any atom is 0.339 e. The van der Waals surface area contributed by atoms with Gasteiger partial charge in [-0.25, -0.2) is 9.78 Å². The molecule has 0 radical (unpaired) electrons. The number of hydrogen-bond donors (Lipinski definition) is 0. The number of pyridine rings is 1. The zero-order valence-electron chi connectivity index (χ0n) is 17.5. The van der Waals surface area contributed by atoms with E-state index in [1.165, 1.54) is 0 Å². The number of hydrogen-bond acceptors (Lipinski definition) is 5. The van der Waals surface area contributed by atoms with E-state index in [-0.39, 0.29) is 11.9 Å². The summed E-state index contributed by atoms with van der Waals surface area (Å²) >= 11 is 0. The lowest BCUT2D eigenvalue weighted by Gasteiger charge is -2.27. The summed E-state index contributed by atoms with van der Waals surface area (Å²) in [6, 6.07) is 20.7. The lowest BCUT2D eigenvalue weighted by atomic mass is 9.91. The first-order chi connectivity index (χ1) is 15.6. The number of amides is 1. The molecule has 1 saturated carbocycles. The van der Waals surface area contributed by atoms with Crippen LogP contribution >= 0.6 is 0 Å². The lowest BCUT2D eigenvalue weighted by molar-refractivity contribution is -0.134. The number of nitrogens with zero attached hydrogens (tertiary/aromatic N) is 2. The average Bonchev–Trinajstić information content (AvgIpc) is 3.46. The van der Waals surface area contributed by atoms with Crippen LogP contribution in [0.2, 0.25) is 0 Å². The Morgan fingerprint density at radius 2 is 1.75 bits per heavy atom. The van der Waals surface area contributed by atoms with Crippen molar-refractivity contribution in [1.29, 1.82) is 0 Å². The Kier molecular flexibility index (Phi) is 4.12. The molecule has 3 aliphatic rings. The highest BCUT2D eigenvalue weighted by Gasteiger charge is 2.57. The number of likely N-dealkylation sites (tertiary alicyclic amines) is 1. The van der Waals surface area contributed by atoms with Crippen molar-refractivity contribution in [1.82, 2.24) is 9.88 Å². The fourth-order valence-electron chi connectivity index (χ4n) is 5.03. The third kappa shape index (κ3) is 2.90. The number of esters is 1. The van der Waals surface area contributed by atoms with Crippen LogP contribution in [-0.4, -0.2) is 34.8 Å². The van der Waals surface area contributed by atoms with Crippen LogP contribution in [0.5, 0.6) is 11.6 Å². The molecule has 1 spiro atoms. The molecule has 32 heavy (non-hydrogen) atoms. The van der Waals surface area contributed by atoms with Gasteiger partial charge in [-0.2, -0.15) is 0 Å². The SMILES string of the molecule is O=C1OC2(CCN(C(=O)C3(c4ccc(Oc5ccccn5)cc4)CC3)C2)c2ccccc21.